The maximum atomic E-state index is 13.3. The molecular formula is C24H22N2O4. The highest BCUT2D eigenvalue weighted by atomic mass is 16.5. The highest BCUT2D eigenvalue weighted by molar-refractivity contribution is 6.00. The number of allylic oxidation sites excluding steroid dienone is 3. The van der Waals surface area contributed by atoms with Gasteiger partial charge >= 0.3 is 0 Å². The van der Waals surface area contributed by atoms with Crippen molar-refractivity contribution in [2.75, 3.05) is 14.2 Å². The van der Waals surface area contributed by atoms with Crippen LogP contribution in [-0.2, 0) is 9.53 Å². The summed E-state index contributed by atoms with van der Waals surface area (Å²) in [4.78, 5) is 13.3. The highest BCUT2D eigenvalue weighted by Gasteiger charge is 2.41. The Labute approximate surface area is 175 Å². The van der Waals surface area contributed by atoms with Gasteiger partial charge in [0.1, 0.15) is 17.4 Å². The lowest BCUT2D eigenvalue weighted by atomic mass is 9.73. The predicted octanol–water partition coefficient (Wildman–Crippen LogP) is 3.91. The fourth-order valence-corrected chi connectivity index (χ4v) is 4.23. The molecule has 1 aliphatic carbocycles. The van der Waals surface area contributed by atoms with Crippen molar-refractivity contribution < 1.29 is 19.0 Å². The van der Waals surface area contributed by atoms with Crippen LogP contribution in [0, 0.1) is 11.3 Å². The fourth-order valence-electron chi connectivity index (χ4n) is 4.23. The molecule has 2 aromatic carbocycles. The van der Waals surface area contributed by atoms with Crippen LogP contribution in [0.1, 0.15) is 35.8 Å². The molecule has 2 N–H and O–H groups in total. The average molecular weight is 402 g/mol. The lowest BCUT2D eigenvalue weighted by molar-refractivity contribution is -0.117. The van der Waals surface area contributed by atoms with Crippen LogP contribution >= 0.6 is 0 Å². The second kappa shape index (κ2) is 7.96. The van der Waals surface area contributed by atoms with Crippen molar-refractivity contribution >= 4 is 5.78 Å². The van der Waals surface area contributed by atoms with E-state index in [2.05, 4.69) is 6.07 Å². The van der Waals surface area contributed by atoms with Crippen LogP contribution in [-0.4, -0.2) is 20.0 Å². The Morgan fingerprint density at radius 2 is 1.77 bits per heavy atom. The van der Waals surface area contributed by atoms with Gasteiger partial charge in [0.2, 0.25) is 5.88 Å². The number of nitrogens with zero attached hydrogens (tertiary/aromatic N) is 1. The molecule has 30 heavy (non-hydrogen) atoms. The molecule has 152 valence electrons. The minimum atomic E-state index is -0.595. The van der Waals surface area contributed by atoms with Crippen LogP contribution < -0.4 is 15.2 Å². The Morgan fingerprint density at radius 3 is 2.43 bits per heavy atom. The molecule has 4 rings (SSSR count). The van der Waals surface area contributed by atoms with Gasteiger partial charge in [0.15, 0.2) is 17.3 Å². The molecule has 0 aromatic heterocycles. The largest absolute Gasteiger partial charge is 0.493 e. The Balaban J connectivity index is 1.80. The van der Waals surface area contributed by atoms with Crippen LogP contribution in [0.15, 0.2) is 71.3 Å². The summed E-state index contributed by atoms with van der Waals surface area (Å²) in [6.07, 6.45) is 0.906. The summed E-state index contributed by atoms with van der Waals surface area (Å²) >= 11 is 0. The third kappa shape index (κ3) is 3.29. The van der Waals surface area contributed by atoms with Gasteiger partial charge in [0, 0.05) is 18.4 Å². The lowest BCUT2D eigenvalue weighted by Crippen LogP contribution is -2.29. The van der Waals surface area contributed by atoms with Crippen molar-refractivity contribution in [2.24, 2.45) is 5.73 Å². The number of ketones is 1. The number of nitriles is 1. The van der Waals surface area contributed by atoms with E-state index in [9.17, 15) is 10.1 Å². The SMILES string of the molecule is COc1ccc(C2C(C#N)=C(N)OC3=C2C(=O)CC(c2ccccc2)C3)cc1OC. The lowest BCUT2D eigenvalue weighted by Gasteiger charge is -2.34. The Bertz CT molecular complexity index is 1100. The molecule has 2 aromatic rings. The molecule has 0 spiro atoms. The van der Waals surface area contributed by atoms with E-state index in [1.54, 1.807) is 26.4 Å². The van der Waals surface area contributed by atoms with E-state index in [1.807, 2.05) is 36.4 Å². The van der Waals surface area contributed by atoms with Crippen LogP contribution in [0.3, 0.4) is 0 Å². The fraction of sp³-hybridized carbons (Fsp3) is 0.250. The van der Waals surface area contributed by atoms with Gasteiger partial charge in [-0.3, -0.25) is 4.79 Å². The smallest absolute Gasteiger partial charge is 0.205 e. The van der Waals surface area contributed by atoms with E-state index in [1.165, 1.54) is 0 Å². The molecule has 1 heterocycles. The number of carbonyl (C=O) groups excluding carboxylic acids is 1. The quantitative estimate of drug-likeness (QED) is 0.833. The summed E-state index contributed by atoms with van der Waals surface area (Å²) in [5, 5.41) is 9.77. The second-order valence-corrected chi connectivity index (χ2v) is 7.32. The summed E-state index contributed by atoms with van der Waals surface area (Å²) < 4.78 is 16.5. The van der Waals surface area contributed by atoms with Crippen molar-refractivity contribution in [3.8, 4) is 17.6 Å². The number of methoxy groups -OCH3 is 2. The maximum Gasteiger partial charge on any atom is 0.205 e. The molecule has 0 radical (unpaired) electrons. The Kier molecular flexibility index (Phi) is 5.20. The molecule has 0 bridgehead atoms. The van der Waals surface area contributed by atoms with Crippen LogP contribution in [0.25, 0.3) is 0 Å². The zero-order chi connectivity index (χ0) is 21.3. The first kappa shape index (κ1) is 19.6. The predicted molar refractivity (Wildman–Crippen MR) is 111 cm³/mol. The van der Waals surface area contributed by atoms with Crippen molar-refractivity contribution in [1.29, 1.82) is 5.26 Å². The maximum absolute atomic E-state index is 13.3. The van der Waals surface area contributed by atoms with Crippen molar-refractivity contribution in [2.45, 2.75) is 24.7 Å². The Hall–Kier alpha value is -3.72. The number of hydrogen-bond donors (Lipinski definition) is 1. The van der Waals surface area contributed by atoms with E-state index in [4.69, 9.17) is 19.9 Å². The normalized spacial score (nSPS) is 20.9. The third-order valence-electron chi connectivity index (χ3n) is 5.67. The van der Waals surface area contributed by atoms with E-state index in [0.717, 1.165) is 11.1 Å². The first-order valence-electron chi connectivity index (χ1n) is 9.68. The van der Waals surface area contributed by atoms with Gasteiger partial charge in [-0.15, -0.1) is 0 Å². The molecule has 0 amide bonds. The van der Waals surface area contributed by atoms with Crippen molar-refractivity contribution in [3.05, 3.63) is 82.4 Å². The van der Waals surface area contributed by atoms with E-state index >= 15 is 0 Å². The third-order valence-corrected chi connectivity index (χ3v) is 5.67. The second-order valence-electron chi connectivity index (χ2n) is 7.32. The number of rotatable bonds is 4. The van der Waals surface area contributed by atoms with Crippen molar-refractivity contribution in [3.63, 3.8) is 0 Å². The number of hydrogen-bond acceptors (Lipinski definition) is 6. The molecule has 6 nitrogen and oxygen atoms in total. The van der Waals surface area contributed by atoms with Crippen LogP contribution in [0.4, 0.5) is 0 Å². The van der Waals surface area contributed by atoms with E-state index in [-0.39, 0.29) is 23.2 Å². The van der Waals surface area contributed by atoms with Crippen LogP contribution in [0.5, 0.6) is 11.5 Å². The number of benzene rings is 2. The molecule has 1 aliphatic heterocycles. The molecule has 0 fully saturated rings. The average Bonchev–Trinajstić information content (AvgIpc) is 2.78. The van der Waals surface area contributed by atoms with Gasteiger partial charge in [-0.1, -0.05) is 36.4 Å². The van der Waals surface area contributed by atoms with Gasteiger partial charge in [0.25, 0.3) is 0 Å². The van der Waals surface area contributed by atoms with Gasteiger partial charge in [-0.2, -0.15) is 5.26 Å². The summed E-state index contributed by atoms with van der Waals surface area (Å²) in [6, 6.07) is 17.4. The minimum Gasteiger partial charge on any atom is -0.493 e. The van der Waals surface area contributed by atoms with Crippen molar-refractivity contribution in [1.82, 2.24) is 0 Å². The van der Waals surface area contributed by atoms with E-state index < -0.39 is 5.92 Å². The molecule has 0 saturated heterocycles. The standard InChI is InChI=1S/C24H22N2O4/c1-28-19-9-8-15(11-20(19)29-2)22-17(13-25)24(26)30-21-12-16(10-18(27)23(21)22)14-6-4-3-5-7-14/h3-9,11,16,22H,10,12,26H2,1-2H3. The zero-order valence-corrected chi connectivity index (χ0v) is 16.8. The monoisotopic (exact) mass is 402 g/mol. The van der Waals surface area contributed by atoms with Gasteiger partial charge < -0.3 is 19.9 Å². The molecule has 2 unspecified atom stereocenters. The van der Waals surface area contributed by atoms with Gasteiger partial charge in [0.05, 0.1) is 20.1 Å². The van der Waals surface area contributed by atoms with E-state index in [0.29, 0.717) is 35.7 Å². The van der Waals surface area contributed by atoms with Gasteiger partial charge in [-0.05, 0) is 29.2 Å². The first-order chi connectivity index (χ1) is 14.6. The number of Topliss-reactive ketones (excluding diaryl/α,β-unsaturated/α-hetero) is 1. The summed E-state index contributed by atoms with van der Waals surface area (Å²) in [6.45, 7) is 0. The highest BCUT2D eigenvalue weighted by Crippen LogP contribution is 2.47. The summed E-state index contributed by atoms with van der Waals surface area (Å²) in [5.41, 5.74) is 8.66. The molecule has 0 saturated carbocycles. The number of ether oxygens (including phenoxy) is 3. The first-order valence-corrected chi connectivity index (χ1v) is 9.68. The van der Waals surface area contributed by atoms with Gasteiger partial charge in [-0.25, -0.2) is 0 Å². The molecular weight excluding hydrogens is 380 g/mol. The zero-order valence-electron chi connectivity index (χ0n) is 16.8. The number of carbonyl (C=O) groups is 1. The molecule has 2 aliphatic rings. The minimum absolute atomic E-state index is 0.0138. The topological polar surface area (TPSA) is 94.6 Å². The molecule has 6 heteroatoms. The molecule has 2 atom stereocenters. The summed E-state index contributed by atoms with van der Waals surface area (Å²) in [7, 11) is 3.10. The van der Waals surface area contributed by atoms with Crippen LogP contribution in [0.2, 0.25) is 0 Å². The Morgan fingerprint density at radius 1 is 1.03 bits per heavy atom. The number of nitrogens with two attached hydrogens (primary N) is 1. The summed E-state index contributed by atoms with van der Waals surface area (Å²) in [5.74, 6) is 1.05.